The summed E-state index contributed by atoms with van der Waals surface area (Å²) in [4.78, 5) is 24.1. The molecule has 2 heterocycles. The predicted molar refractivity (Wildman–Crippen MR) is 132 cm³/mol. The van der Waals surface area contributed by atoms with Gasteiger partial charge in [-0.2, -0.15) is 0 Å². The summed E-state index contributed by atoms with van der Waals surface area (Å²) < 4.78 is 27.5. The molecule has 2 saturated heterocycles. The molecule has 2 aromatic rings. The summed E-state index contributed by atoms with van der Waals surface area (Å²) in [6, 6.07) is 12.3. The molecule has 13 heteroatoms. The molecule has 13 nitrogen and oxygen atoms in total. The average Bonchev–Trinajstić information content (AvgIpc) is 2.93. The molecule has 10 atom stereocenters. The molecule has 0 spiro atoms. The van der Waals surface area contributed by atoms with Crippen molar-refractivity contribution in [2.45, 2.75) is 74.9 Å². The van der Waals surface area contributed by atoms with Crippen LogP contribution < -0.4 is 5.32 Å². The maximum Gasteiger partial charge on any atom is 0.337 e. The minimum atomic E-state index is -1.86. The lowest BCUT2D eigenvalue weighted by Crippen LogP contribution is -2.68. The van der Waals surface area contributed by atoms with Crippen molar-refractivity contribution in [2.75, 3.05) is 13.7 Å². The molecule has 2 aliphatic rings. The number of carbonyl (C=O) groups excluding carboxylic acids is 2. The standard InChI is InChI=1S/C26H33NO12/c1-12(29)27-17-22(38-26-21(33)19(31)20(32)23(39-26)24(34)35-2)18(30)16(10-28)37-25(17)36-11-13-7-8-14-5-3-4-6-15(14)9-13/h3-9,16-23,25-26,28,30-33H,10-11H2,1-2H3,(H,27,29)/t16-,17-,18-,19+,20+,21-,22-,23+,25-,26-/m1/s1. The van der Waals surface area contributed by atoms with Crippen LogP contribution in [0.1, 0.15) is 12.5 Å². The van der Waals surface area contributed by atoms with Crippen molar-refractivity contribution in [2.24, 2.45) is 0 Å². The zero-order valence-corrected chi connectivity index (χ0v) is 21.3. The van der Waals surface area contributed by atoms with Crippen LogP contribution in [0, 0.1) is 0 Å². The predicted octanol–water partition coefficient (Wildman–Crippen LogP) is -1.69. The quantitative estimate of drug-likeness (QED) is 0.204. The molecule has 4 rings (SSSR count). The van der Waals surface area contributed by atoms with E-state index >= 15 is 0 Å². The van der Waals surface area contributed by atoms with Crippen LogP contribution in [0.4, 0.5) is 0 Å². The van der Waals surface area contributed by atoms with Crippen LogP contribution in [0.15, 0.2) is 42.5 Å². The van der Waals surface area contributed by atoms with Gasteiger partial charge in [-0.05, 0) is 22.4 Å². The third-order valence-corrected chi connectivity index (χ3v) is 6.75. The van der Waals surface area contributed by atoms with Crippen LogP contribution in [0.5, 0.6) is 0 Å². The number of fused-ring (bicyclic) bond motifs is 1. The Labute approximate surface area is 223 Å². The fraction of sp³-hybridized carbons (Fsp3) is 0.538. The molecule has 0 aliphatic carbocycles. The first kappa shape index (κ1) is 29.3. The van der Waals surface area contributed by atoms with Gasteiger partial charge in [-0.25, -0.2) is 4.79 Å². The molecule has 2 fully saturated rings. The molecular weight excluding hydrogens is 518 g/mol. The van der Waals surface area contributed by atoms with Gasteiger partial charge in [0.25, 0.3) is 0 Å². The van der Waals surface area contributed by atoms with E-state index in [0.717, 1.165) is 23.4 Å². The summed E-state index contributed by atoms with van der Waals surface area (Å²) in [5.41, 5.74) is 0.784. The van der Waals surface area contributed by atoms with Crippen molar-refractivity contribution in [3.63, 3.8) is 0 Å². The van der Waals surface area contributed by atoms with Gasteiger partial charge in [0.1, 0.15) is 42.7 Å². The number of esters is 1. The Hall–Kier alpha value is -2.72. The van der Waals surface area contributed by atoms with Crippen LogP contribution in [-0.4, -0.2) is 112 Å². The summed E-state index contributed by atoms with van der Waals surface area (Å²) >= 11 is 0. The number of carbonyl (C=O) groups is 2. The molecule has 0 saturated carbocycles. The topological polar surface area (TPSA) is 193 Å². The minimum absolute atomic E-state index is 0.0322. The Kier molecular flexibility index (Phi) is 9.48. The van der Waals surface area contributed by atoms with E-state index in [-0.39, 0.29) is 6.61 Å². The molecular formula is C26H33NO12. The smallest absolute Gasteiger partial charge is 0.337 e. The van der Waals surface area contributed by atoms with Crippen molar-refractivity contribution in [3.05, 3.63) is 48.0 Å². The SMILES string of the molecule is COC(=O)[C@H]1O[C@@H](O[C@H]2[C@H](O)[C@@H](CO)O[C@@H](OCc3ccc4ccccc4c3)[C@@H]2NC(C)=O)[C@H](O)[C@@H](O)[C@@H]1O. The van der Waals surface area contributed by atoms with E-state index in [9.17, 15) is 35.1 Å². The first-order valence-electron chi connectivity index (χ1n) is 12.4. The molecule has 0 bridgehead atoms. The highest BCUT2D eigenvalue weighted by molar-refractivity contribution is 5.83. The van der Waals surface area contributed by atoms with E-state index in [4.69, 9.17) is 18.9 Å². The van der Waals surface area contributed by atoms with Crippen LogP contribution in [0.2, 0.25) is 0 Å². The highest BCUT2D eigenvalue weighted by atomic mass is 16.7. The molecule has 214 valence electrons. The Morgan fingerprint density at radius 1 is 0.923 bits per heavy atom. The molecule has 0 unspecified atom stereocenters. The number of hydrogen-bond donors (Lipinski definition) is 6. The van der Waals surface area contributed by atoms with Gasteiger partial charge < -0.3 is 54.5 Å². The first-order valence-corrected chi connectivity index (χ1v) is 12.4. The number of methoxy groups -OCH3 is 1. The van der Waals surface area contributed by atoms with Gasteiger partial charge in [0.15, 0.2) is 18.7 Å². The number of nitrogens with one attached hydrogen (secondary N) is 1. The number of rotatable bonds is 8. The summed E-state index contributed by atoms with van der Waals surface area (Å²) in [6.07, 6.45) is -14.4. The molecule has 6 N–H and O–H groups in total. The summed E-state index contributed by atoms with van der Waals surface area (Å²) in [7, 11) is 1.05. The lowest BCUT2D eigenvalue weighted by Gasteiger charge is -2.47. The van der Waals surface area contributed by atoms with Gasteiger partial charge in [-0.1, -0.05) is 36.4 Å². The Morgan fingerprint density at radius 3 is 2.31 bits per heavy atom. The fourth-order valence-corrected chi connectivity index (χ4v) is 4.69. The Bertz CT molecular complexity index is 1150. The lowest BCUT2D eigenvalue weighted by molar-refractivity contribution is -0.341. The van der Waals surface area contributed by atoms with Crippen LogP contribution in [-0.2, 0) is 39.9 Å². The normalized spacial score (nSPS) is 34.9. The van der Waals surface area contributed by atoms with E-state index < -0.39 is 79.8 Å². The molecule has 0 radical (unpaired) electrons. The number of benzene rings is 2. The van der Waals surface area contributed by atoms with Crippen molar-refractivity contribution < 1.29 is 58.8 Å². The number of hydrogen-bond acceptors (Lipinski definition) is 12. The Morgan fingerprint density at radius 2 is 1.64 bits per heavy atom. The molecule has 2 aliphatic heterocycles. The van der Waals surface area contributed by atoms with Gasteiger partial charge in [-0.3, -0.25) is 4.79 Å². The monoisotopic (exact) mass is 551 g/mol. The van der Waals surface area contributed by atoms with Crippen LogP contribution >= 0.6 is 0 Å². The van der Waals surface area contributed by atoms with E-state index in [0.29, 0.717) is 0 Å². The Balaban J connectivity index is 1.57. The van der Waals surface area contributed by atoms with Gasteiger partial charge in [0, 0.05) is 6.92 Å². The lowest BCUT2D eigenvalue weighted by atomic mass is 9.95. The zero-order valence-electron chi connectivity index (χ0n) is 21.3. The number of aliphatic hydroxyl groups excluding tert-OH is 5. The van der Waals surface area contributed by atoms with Gasteiger partial charge in [0.05, 0.1) is 20.3 Å². The first-order chi connectivity index (χ1) is 18.6. The second-order valence-electron chi connectivity index (χ2n) is 9.46. The third-order valence-electron chi connectivity index (χ3n) is 6.75. The minimum Gasteiger partial charge on any atom is -0.467 e. The number of aliphatic hydroxyl groups is 5. The molecule has 2 aromatic carbocycles. The van der Waals surface area contributed by atoms with Crippen molar-refractivity contribution in [1.29, 1.82) is 0 Å². The third kappa shape index (κ3) is 6.38. The van der Waals surface area contributed by atoms with E-state index in [2.05, 4.69) is 10.1 Å². The van der Waals surface area contributed by atoms with Crippen LogP contribution in [0.25, 0.3) is 10.8 Å². The van der Waals surface area contributed by atoms with Gasteiger partial charge >= 0.3 is 5.97 Å². The molecule has 39 heavy (non-hydrogen) atoms. The van der Waals surface area contributed by atoms with E-state index in [1.807, 2.05) is 42.5 Å². The second kappa shape index (κ2) is 12.6. The summed E-state index contributed by atoms with van der Waals surface area (Å²) in [6.45, 7) is 0.607. The van der Waals surface area contributed by atoms with Crippen molar-refractivity contribution in [1.82, 2.24) is 5.32 Å². The maximum atomic E-state index is 12.1. The van der Waals surface area contributed by atoms with Crippen molar-refractivity contribution in [3.8, 4) is 0 Å². The maximum absolute atomic E-state index is 12.1. The average molecular weight is 552 g/mol. The second-order valence-corrected chi connectivity index (χ2v) is 9.46. The number of amides is 1. The van der Waals surface area contributed by atoms with E-state index in [1.54, 1.807) is 0 Å². The van der Waals surface area contributed by atoms with E-state index in [1.165, 1.54) is 6.92 Å². The highest BCUT2D eigenvalue weighted by Gasteiger charge is 2.53. The molecule has 0 aromatic heterocycles. The van der Waals surface area contributed by atoms with Crippen LogP contribution in [0.3, 0.4) is 0 Å². The molecule has 1 amide bonds. The van der Waals surface area contributed by atoms with Crippen molar-refractivity contribution >= 4 is 22.6 Å². The fourth-order valence-electron chi connectivity index (χ4n) is 4.69. The summed E-state index contributed by atoms with van der Waals surface area (Å²) in [5, 5.41) is 56.3. The highest BCUT2D eigenvalue weighted by Crippen LogP contribution is 2.30. The number of ether oxygens (including phenoxy) is 5. The largest absolute Gasteiger partial charge is 0.467 e. The zero-order chi connectivity index (χ0) is 28.3. The van der Waals surface area contributed by atoms with Gasteiger partial charge in [0.2, 0.25) is 5.91 Å². The van der Waals surface area contributed by atoms with Gasteiger partial charge in [-0.15, -0.1) is 0 Å². The summed E-state index contributed by atoms with van der Waals surface area (Å²) in [5.74, 6) is -1.56.